The lowest BCUT2D eigenvalue weighted by Crippen LogP contribution is -2.48. The van der Waals surface area contributed by atoms with Crippen molar-refractivity contribution in [2.75, 3.05) is 36.8 Å². The number of carbonyl (C=O) groups excluding carboxylic acids is 1. The fourth-order valence-corrected chi connectivity index (χ4v) is 1.85. The number of nitrogens with two attached hydrogens (primary N) is 1. The van der Waals surface area contributed by atoms with Gasteiger partial charge in [0.05, 0.1) is 30.4 Å². The zero-order chi connectivity index (χ0) is 14.8. The van der Waals surface area contributed by atoms with E-state index in [0.717, 1.165) is 18.9 Å². The van der Waals surface area contributed by atoms with E-state index in [0.29, 0.717) is 18.8 Å². The highest BCUT2D eigenvalue weighted by Crippen LogP contribution is 2.18. The summed E-state index contributed by atoms with van der Waals surface area (Å²) in [5.41, 5.74) is 5.81. The molecule has 1 aromatic heterocycles. The molecule has 6 nitrogen and oxygen atoms in total. The van der Waals surface area contributed by atoms with E-state index in [2.05, 4.69) is 9.88 Å². The molecule has 2 rings (SSSR count). The van der Waals surface area contributed by atoms with Gasteiger partial charge in [0, 0.05) is 13.1 Å². The molecule has 0 spiro atoms. The van der Waals surface area contributed by atoms with E-state index >= 15 is 0 Å². The first kappa shape index (κ1) is 14.6. The average Bonchev–Trinajstić information content (AvgIpc) is 2.39. The first-order valence-corrected chi connectivity index (χ1v) is 6.80. The van der Waals surface area contributed by atoms with Gasteiger partial charge in [-0.1, -0.05) is 0 Å². The Balaban J connectivity index is 1.86. The van der Waals surface area contributed by atoms with Crippen LogP contribution >= 0.6 is 0 Å². The maximum absolute atomic E-state index is 11.8. The summed E-state index contributed by atoms with van der Waals surface area (Å²) in [6.45, 7) is 8.45. The second-order valence-electron chi connectivity index (χ2n) is 5.99. The zero-order valence-corrected chi connectivity index (χ0v) is 12.3. The molecule has 1 fully saturated rings. The number of rotatable bonds is 2. The summed E-state index contributed by atoms with van der Waals surface area (Å²) in [4.78, 5) is 23.7. The molecular formula is C14H22N4O2. The number of hydroxylamine groups is 2. The smallest absolute Gasteiger partial charge is 0.330 e. The molecule has 0 saturated carbocycles. The van der Waals surface area contributed by atoms with Gasteiger partial charge in [-0.15, -0.1) is 5.06 Å². The fourth-order valence-electron chi connectivity index (χ4n) is 1.85. The maximum Gasteiger partial charge on any atom is 0.330 e. The number of piperazine rings is 1. The summed E-state index contributed by atoms with van der Waals surface area (Å²) in [5, 5.41) is 1.72. The Bertz CT molecular complexity index is 459. The SMILES string of the molecule is CC(C)(C)C(=O)ON1CCN(c2ccc(N)cn2)CC1. The molecule has 1 aliphatic rings. The van der Waals surface area contributed by atoms with Crippen molar-refractivity contribution in [1.82, 2.24) is 10.0 Å². The van der Waals surface area contributed by atoms with Crippen LogP contribution in [0.3, 0.4) is 0 Å². The van der Waals surface area contributed by atoms with Crippen LogP contribution in [-0.4, -0.2) is 42.2 Å². The molecular weight excluding hydrogens is 256 g/mol. The Morgan fingerprint density at radius 3 is 2.40 bits per heavy atom. The summed E-state index contributed by atoms with van der Waals surface area (Å²) >= 11 is 0. The highest BCUT2D eigenvalue weighted by atomic mass is 16.7. The van der Waals surface area contributed by atoms with Crippen molar-refractivity contribution in [3.05, 3.63) is 18.3 Å². The van der Waals surface area contributed by atoms with Gasteiger partial charge >= 0.3 is 5.97 Å². The summed E-state index contributed by atoms with van der Waals surface area (Å²) in [5.74, 6) is 0.706. The number of anilines is 2. The van der Waals surface area contributed by atoms with Gasteiger partial charge in [-0.2, -0.15) is 0 Å². The Morgan fingerprint density at radius 1 is 1.25 bits per heavy atom. The number of nitrogen functional groups attached to an aromatic ring is 1. The predicted octanol–water partition coefficient (Wildman–Crippen LogP) is 1.29. The Morgan fingerprint density at radius 2 is 1.90 bits per heavy atom. The minimum Gasteiger partial charge on any atom is -0.397 e. The van der Waals surface area contributed by atoms with Gasteiger partial charge in [0.15, 0.2) is 0 Å². The number of aromatic nitrogens is 1. The highest BCUT2D eigenvalue weighted by molar-refractivity contribution is 5.75. The zero-order valence-electron chi connectivity index (χ0n) is 12.3. The number of nitrogens with zero attached hydrogens (tertiary/aromatic N) is 3. The molecule has 0 aliphatic carbocycles. The molecule has 2 heterocycles. The summed E-state index contributed by atoms with van der Waals surface area (Å²) in [6, 6.07) is 3.75. The minimum atomic E-state index is -0.477. The Hall–Kier alpha value is -1.82. The van der Waals surface area contributed by atoms with Gasteiger partial charge < -0.3 is 15.5 Å². The molecule has 2 N–H and O–H groups in total. The van der Waals surface area contributed by atoms with E-state index in [9.17, 15) is 4.79 Å². The number of hydrogen-bond acceptors (Lipinski definition) is 6. The van der Waals surface area contributed by atoms with Crippen LogP contribution in [-0.2, 0) is 9.63 Å². The van der Waals surface area contributed by atoms with Crippen molar-refractivity contribution < 1.29 is 9.63 Å². The molecule has 1 saturated heterocycles. The fraction of sp³-hybridized carbons (Fsp3) is 0.571. The number of pyridine rings is 1. The van der Waals surface area contributed by atoms with Crippen molar-refractivity contribution in [3.63, 3.8) is 0 Å². The summed E-state index contributed by atoms with van der Waals surface area (Å²) in [7, 11) is 0. The molecule has 0 bridgehead atoms. The molecule has 0 aromatic carbocycles. The number of carbonyl (C=O) groups is 1. The van der Waals surface area contributed by atoms with Crippen LogP contribution < -0.4 is 10.6 Å². The lowest BCUT2D eigenvalue weighted by Gasteiger charge is -2.35. The van der Waals surface area contributed by atoms with Gasteiger partial charge in [0.2, 0.25) is 0 Å². The van der Waals surface area contributed by atoms with Crippen LogP contribution in [0.4, 0.5) is 11.5 Å². The third-order valence-electron chi connectivity index (χ3n) is 3.16. The van der Waals surface area contributed by atoms with E-state index in [1.165, 1.54) is 0 Å². The van der Waals surface area contributed by atoms with Crippen molar-refractivity contribution in [2.45, 2.75) is 20.8 Å². The standard InChI is InChI=1S/C14H22N4O2/c1-14(2,3)13(19)20-18-8-6-17(7-9-18)12-5-4-11(15)10-16-12/h4-5,10H,6-9,15H2,1-3H3. The monoisotopic (exact) mass is 278 g/mol. The molecule has 20 heavy (non-hydrogen) atoms. The third kappa shape index (κ3) is 3.60. The summed E-state index contributed by atoms with van der Waals surface area (Å²) < 4.78 is 0. The van der Waals surface area contributed by atoms with Crippen molar-refractivity contribution in [1.29, 1.82) is 0 Å². The molecule has 0 radical (unpaired) electrons. The molecule has 0 unspecified atom stereocenters. The Kier molecular flexibility index (Phi) is 4.13. The first-order chi connectivity index (χ1) is 9.36. The van der Waals surface area contributed by atoms with Crippen LogP contribution in [0.25, 0.3) is 0 Å². The van der Waals surface area contributed by atoms with Crippen molar-refractivity contribution in [2.24, 2.45) is 5.41 Å². The lowest BCUT2D eigenvalue weighted by molar-refractivity contribution is -0.201. The number of hydrogen-bond donors (Lipinski definition) is 1. The quantitative estimate of drug-likeness (QED) is 0.879. The van der Waals surface area contributed by atoms with Crippen molar-refractivity contribution >= 4 is 17.5 Å². The minimum absolute atomic E-state index is 0.198. The van der Waals surface area contributed by atoms with E-state index < -0.39 is 5.41 Å². The predicted molar refractivity (Wildman–Crippen MR) is 78.0 cm³/mol. The molecule has 110 valence electrons. The van der Waals surface area contributed by atoms with E-state index in [-0.39, 0.29) is 5.97 Å². The van der Waals surface area contributed by atoms with E-state index in [1.54, 1.807) is 11.3 Å². The van der Waals surface area contributed by atoms with Gasteiger partial charge in [-0.3, -0.25) is 0 Å². The molecule has 0 amide bonds. The van der Waals surface area contributed by atoms with Crippen LogP contribution in [0.15, 0.2) is 18.3 Å². The molecule has 1 aliphatic heterocycles. The van der Waals surface area contributed by atoms with Crippen LogP contribution in [0.2, 0.25) is 0 Å². The van der Waals surface area contributed by atoms with E-state index in [4.69, 9.17) is 10.6 Å². The second-order valence-corrected chi connectivity index (χ2v) is 5.99. The normalized spacial score (nSPS) is 17.1. The third-order valence-corrected chi connectivity index (χ3v) is 3.16. The second kappa shape index (κ2) is 5.66. The van der Waals surface area contributed by atoms with Gasteiger partial charge in [0.1, 0.15) is 5.82 Å². The molecule has 1 aromatic rings. The highest BCUT2D eigenvalue weighted by Gasteiger charge is 2.28. The topological polar surface area (TPSA) is 71.7 Å². The lowest BCUT2D eigenvalue weighted by atomic mass is 9.98. The van der Waals surface area contributed by atoms with Crippen LogP contribution in [0.5, 0.6) is 0 Å². The van der Waals surface area contributed by atoms with E-state index in [1.807, 2.05) is 32.9 Å². The first-order valence-electron chi connectivity index (χ1n) is 6.80. The molecule has 6 heteroatoms. The van der Waals surface area contributed by atoms with Crippen LogP contribution in [0, 0.1) is 5.41 Å². The van der Waals surface area contributed by atoms with Gasteiger partial charge in [-0.25, -0.2) is 9.78 Å². The summed E-state index contributed by atoms with van der Waals surface area (Å²) in [6.07, 6.45) is 1.65. The Labute approximate surface area is 119 Å². The van der Waals surface area contributed by atoms with Gasteiger partial charge in [0.25, 0.3) is 0 Å². The molecule has 0 atom stereocenters. The average molecular weight is 278 g/mol. The largest absolute Gasteiger partial charge is 0.397 e. The van der Waals surface area contributed by atoms with Crippen LogP contribution in [0.1, 0.15) is 20.8 Å². The maximum atomic E-state index is 11.8. The van der Waals surface area contributed by atoms with Crippen molar-refractivity contribution in [3.8, 4) is 0 Å². The van der Waals surface area contributed by atoms with Gasteiger partial charge in [-0.05, 0) is 32.9 Å².